The maximum atomic E-state index is 11.5. The molecule has 0 atom stereocenters. The lowest BCUT2D eigenvalue weighted by Crippen LogP contribution is -2.36. The summed E-state index contributed by atoms with van der Waals surface area (Å²) in [6, 6.07) is 5.24. The Balaban J connectivity index is 0.000000379. The van der Waals surface area contributed by atoms with E-state index in [9.17, 15) is 9.90 Å². The van der Waals surface area contributed by atoms with Gasteiger partial charge in [0.2, 0.25) is 0 Å². The van der Waals surface area contributed by atoms with Crippen LogP contribution in [0.2, 0.25) is 0 Å². The van der Waals surface area contributed by atoms with Crippen LogP contribution in [0.25, 0.3) is 0 Å². The molecule has 5 heteroatoms. The number of allylic oxidation sites excluding steroid dienone is 1. The van der Waals surface area contributed by atoms with Crippen LogP contribution in [0.4, 0.5) is 5.69 Å². The second kappa shape index (κ2) is 10.6. The average Bonchev–Trinajstić information content (AvgIpc) is 2.60. The number of ether oxygens (including phenoxy) is 1. The number of aliphatic imine (C=N–C) groups is 1. The van der Waals surface area contributed by atoms with Gasteiger partial charge in [0.15, 0.2) is 5.78 Å². The minimum atomic E-state index is -0.0315. The third-order valence-corrected chi connectivity index (χ3v) is 3.36. The smallest absolute Gasteiger partial charge is 0.166 e. The highest BCUT2D eigenvalue weighted by molar-refractivity contribution is 5.98. The molecule has 0 saturated carbocycles. The van der Waals surface area contributed by atoms with Gasteiger partial charge in [-0.3, -0.25) is 9.79 Å². The fourth-order valence-electron chi connectivity index (χ4n) is 2.14. The van der Waals surface area contributed by atoms with Gasteiger partial charge in [0.25, 0.3) is 0 Å². The van der Waals surface area contributed by atoms with Crippen molar-refractivity contribution >= 4 is 17.7 Å². The van der Waals surface area contributed by atoms with Crippen molar-refractivity contribution in [1.29, 1.82) is 0 Å². The van der Waals surface area contributed by atoms with Gasteiger partial charge in [-0.1, -0.05) is 13.0 Å². The van der Waals surface area contributed by atoms with Crippen molar-refractivity contribution in [3.05, 3.63) is 36.0 Å². The number of carbonyl (C=O) groups excluding carboxylic acids is 1. The van der Waals surface area contributed by atoms with E-state index in [0.29, 0.717) is 25.2 Å². The summed E-state index contributed by atoms with van der Waals surface area (Å²) in [5.41, 5.74) is 1.35. The first-order chi connectivity index (χ1) is 11.1. The van der Waals surface area contributed by atoms with E-state index in [0.717, 1.165) is 18.8 Å². The molecule has 126 valence electrons. The van der Waals surface area contributed by atoms with Crippen molar-refractivity contribution < 1.29 is 14.6 Å². The van der Waals surface area contributed by atoms with Crippen LogP contribution in [-0.2, 0) is 4.74 Å². The van der Waals surface area contributed by atoms with Gasteiger partial charge in [-0.05, 0) is 26.0 Å². The lowest BCUT2D eigenvalue weighted by Gasteiger charge is -2.29. The molecular formula is C18H26N2O3. The zero-order valence-corrected chi connectivity index (χ0v) is 14.2. The third kappa shape index (κ3) is 6.24. The minimum Gasteiger partial charge on any atom is -0.507 e. The van der Waals surface area contributed by atoms with Crippen LogP contribution in [0.3, 0.4) is 0 Å². The Hall–Kier alpha value is -2.14. The summed E-state index contributed by atoms with van der Waals surface area (Å²) in [6.07, 6.45) is 5.80. The van der Waals surface area contributed by atoms with E-state index < -0.39 is 0 Å². The molecule has 2 rings (SSSR count). The van der Waals surface area contributed by atoms with Gasteiger partial charge in [0.1, 0.15) is 5.75 Å². The number of phenols is 1. The third-order valence-electron chi connectivity index (χ3n) is 3.36. The summed E-state index contributed by atoms with van der Waals surface area (Å²) < 4.78 is 5.27. The molecule has 1 aliphatic rings. The van der Waals surface area contributed by atoms with Crippen LogP contribution in [0.1, 0.15) is 37.6 Å². The predicted octanol–water partition coefficient (Wildman–Crippen LogP) is 3.43. The van der Waals surface area contributed by atoms with Gasteiger partial charge in [-0.2, -0.15) is 0 Å². The summed E-state index contributed by atoms with van der Waals surface area (Å²) >= 11 is 0. The predicted molar refractivity (Wildman–Crippen MR) is 94.7 cm³/mol. The Morgan fingerprint density at radius 1 is 1.35 bits per heavy atom. The molecule has 1 N–H and O–H groups in total. The second-order valence-corrected chi connectivity index (χ2v) is 4.97. The number of benzene rings is 1. The van der Waals surface area contributed by atoms with E-state index >= 15 is 0 Å². The van der Waals surface area contributed by atoms with Crippen LogP contribution in [0, 0.1) is 0 Å². The molecule has 1 fully saturated rings. The summed E-state index contributed by atoms with van der Waals surface area (Å²) in [5.74, 6) is 0.0388. The van der Waals surface area contributed by atoms with E-state index in [1.54, 1.807) is 31.5 Å². The number of phenolic OH excluding ortho intramolecular Hbond substituents is 1. The van der Waals surface area contributed by atoms with Crippen LogP contribution < -0.4 is 4.90 Å². The van der Waals surface area contributed by atoms with E-state index in [4.69, 9.17) is 4.74 Å². The van der Waals surface area contributed by atoms with Gasteiger partial charge >= 0.3 is 0 Å². The van der Waals surface area contributed by atoms with Crippen molar-refractivity contribution in [3.63, 3.8) is 0 Å². The number of nitrogens with zero attached hydrogens (tertiary/aromatic N) is 2. The number of rotatable bonds is 4. The highest BCUT2D eigenvalue weighted by atomic mass is 16.5. The molecule has 0 radical (unpaired) electrons. The van der Waals surface area contributed by atoms with Gasteiger partial charge in [-0.25, -0.2) is 0 Å². The maximum Gasteiger partial charge on any atom is 0.166 e. The normalized spacial score (nSPS) is 14.8. The molecule has 1 aromatic rings. The average molecular weight is 318 g/mol. The number of aromatic hydroxyl groups is 1. The molecule has 0 bridgehead atoms. The van der Waals surface area contributed by atoms with Crippen molar-refractivity contribution in [2.75, 3.05) is 31.2 Å². The molecule has 0 aliphatic carbocycles. The lowest BCUT2D eigenvalue weighted by atomic mass is 10.1. The quantitative estimate of drug-likeness (QED) is 0.682. The van der Waals surface area contributed by atoms with Crippen LogP contribution in [0.15, 0.2) is 35.5 Å². The summed E-state index contributed by atoms with van der Waals surface area (Å²) in [5, 5.41) is 9.84. The van der Waals surface area contributed by atoms with Gasteiger partial charge in [0, 0.05) is 43.7 Å². The Bertz CT molecular complexity index is 537. The minimum absolute atomic E-state index is 0.0315. The van der Waals surface area contributed by atoms with Crippen molar-refractivity contribution in [3.8, 4) is 5.75 Å². The van der Waals surface area contributed by atoms with E-state index in [2.05, 4.69) is 9.89 Å². The topological polar surface area (TPSA) is 62.1 Å². The van der Waals surface area contributed by atoms with Crippen molar-refractivity contribution in [2.24, 2.45) is 4.99 Å². The molecule has 5 nitrogen and oxygen atoms in total. The fourth-order valence-corrected chi connectivity index (χ4v) is 2.14. The molecule has 23 heavy (non-hydrogen) atoms. The Labute approximate surface area is 138 Å². The number of ketones is 1. The number of Topliss-reactive ketones (excluding diaryl/α,β-unsaturated/α-hetero) is 1. The number of anilines is 1. The molecule has 1 saturated heterocycles. The summed E-state index contributed by atoms with van der Waals surface area (Å²) in [6.45, 7) is 8.67. The number of hydrogen-bond acceptors (Lipinski definition) is 5. The molecule has 0 unspecified atom stereocenters. The number of morpholine rings is 1. The monoisotopic (exact) mass is 318 g/mol. The molecule has 0 amide bonds. The van der Waals surface area contributed by atoms with Gasteiger partial charge in [0.05, 0.1) is 18.8 Å². The van der Waals surface area contributed by atoms with E-state index in [1.165, 1.54) is 0 Å². The van der Waals surface area contributed by atoms with Gasteiger partial charge in [-0.15, -0.1) is 0 Å². The highest BCUT2D eigenvalue weighted by Gasteiger charge is 2.14. The molecular weight excluding hydrogens is 292 g/mol. The van der Waals surface area contributed by atoms with Crippen molar-refractivity contribution in [1.82, 2.24) is 0 Å². The Kier molecular flexibility index (Phi) is 8.68. The Morgan fingerprint density at radius 3 is 2.52 bits per heavy atom. The van der Waals surface area contributed by atoms with E-state index in [-0.39, 0.29) is 11.5 Å². The first-order valence-electron chi connectivity index (χ1n) is 7.91. The SMILES string of the molecule is CC=N/C=C\C.CCC(=O)c1ccc(N2CCOCC2)cc1O. The van der Waals surface area contributed by atoms with Crippen LogP contribution in [-0.4, -0.2) is 43.4 Å². The van der Waals surface area contributed by atoms with Crippen LogP contribution in [0.5, 0.6) is 5.75 Å². The van der Waals surface area contributed by atoms with Crippen molar-refractivity contribution in [2.45, 2.75) is 27.2 Å². The number of hydrogen-bond donors (Lipinski definition) is 1. The molecule has 0 spiro atoms. The Morgan fingerprint density at radius 2 is 2.04 bits per heavy atom. The lowest BCUT2D eigenvalue weighted by molar-refractivity contribution is 0.0985. The van der Waals surface area contributed by atoms with Gasteiger partial charge < -0.3 is 14.7 Å². The number of carbonyl (C=O) groups is 1. The molecule has 0 aromatic heterocycles. The first kappa shape index (κ1) is 18.9. The van der Waals surface area contributed by atoms with E-state index in [1.807, 2.05) is 26.0 Å². The first-order valence-corrected chi connectivity index (χ1v) is 7.91. The molecule has 1 aliphatic heterocycles. The van der Waals surface area contributed by atoms with Crippen LogP contribution >= 0.6 is 0 Å². The molecule has 1 heterocycles. The summed E-state index contributed by atoms with van der Waals surface area (Å²) in [4.78, 5) is 17.5. The largest absolute Gasteiger partial charge is 0.507 e. The second-order valence-electron chi connectivity index (χ2n) is 4.97. The highest BCUT2D eigenvalue weighted by Crippen LogP contribution is 2.26. The standard InChI is InChI=1S/C13H17NO3.C5H9N/c1-2-12(15)11-4-3-10(9-13(11)16)14-5-7-17-8-6-14;1-3-5-6-4-2/h3-4,9,16H,2,5-8H2,1H3;3-5H,1-2H3/b;5-3-,6-4?. The maximum absolute atomic E-state index is 11.5. The molecule has 1 aromatic carbocycles. The zero-order chi connectivity index (χ0) is 17.1. The fraction of sp³-hybridized carbons (Fsp3) is 0.444. The summed E-state index contributed by atoms with van der Waals surface area (Å²) in [7, 11) is 0. The zero-order valence-electron chi connectivity index (χ0n) is 14.2.